The summed E-state index contributed by atoms with van der Waals surface area (Å²) in [6, 6.07) is -0.885. The number of carbonyl (C=O) groups excluding carboxylic acids is 2. The average molecular weight is 160 g/mol. The first-order valence-corrected chi connectivity index (χ1v) is 3.41. The Labute approximate surface area is 64.6 Å². The molecule has 0 rings (SSSR count). The largest absolute Gasteiger partial charge is 0.548 e. The number of carboxylic acids is 1. The van der Waals surface area contributed by atoms with Gasteiger partial charge in [0.1, 0.15) is 0 Å². The fraction of sp³-hybridized carbons (Fsp3) is 0.667. The minimum Gasteiger partial charge on any atom is -0.548 e. The van der Waals surface area contributed by atoms with Gasteiger partial charge in [-0.2, -0.15) is 0 Å². The maximum atomic E-state index is 10.6. The molecule has 1 amide bonds. The van der Waals surface area contributed by atoms with Crippen LogP contribution >= 0.6 is 0 Å². The molecule has 5 heteroatoms. The van der Waals surface area contributed by atoms with E-state index < -0.39 is 12.0 Å². The number of quaternary nitrogens is 1. The number of hydrogen-bond donors (Lipinski definition) is 2. The van der Waals surface area contributed by atoms with Crippen molar-refractivity contribution in [1.29, 1.82) is 0 Å². The summed E-state index contributed by atoms with van der Waals surface area (Å²) < 4.78 is 0. The molecule has 0 fully saturated rings. The van der Waals surface area contributed by atoms with Crippen LogP contribution in [0.4, 0.5) is 0 Å². The maximum Gasteiger partial charge on any atom is 0.275 e. The first-order chi connectivity index (χ1) is 5.11. The first-order valence-electron chi connectivity index (χ1n) is 3.41. The zero-order chi connectivity index (χ0) is 8.85. The van der Waals surface area contributed by atoms with E-state index in [1.165, 1.54) is 0 Å². The fourth-order valence-electron chi connectivity index (χ4n) is 0.594. The van der Waals surface area contributed by atoms with Gasteiger partial charge in [-0.3, -0.25) is 4.79 Å². The molecule has 0 aliphatic heterocycles. The zero-order valence-electron chi connectivity index (χ0n) is 6.42. The number of amides is 1. The Morgan fingerprint density at radius 3 is 2.45 bits per heavy atom. The molecule has 0 bridgehead atoms. The fourth-order valence-corrected chi connectivity index (χ4v) is 0.594. The monoisotopic (exact) mass is 160 g/mol. The van der Waals surface area contributed by atoms with Crippen molar-refractivity contribution in [2.75, 3.05) is 6.54 Å². The molecule has 0 heterocycles. The third-order valence-corrected chi connectivity index (χ3v) is 1.26. The van der Waals surface area contributed by atoms with E-state index in [0.29, 0.717) is 6.42 Å². The standard InChI is InChI=1S/C6H12N2O3/c1-2-4(6(10)11)8-5(9)3-7/h4H,2-3,7H2,1H3,(H,8,9)(H,10,11)/t4-/m0/s1. The predicted octanol–water partition coefficient (Wildman–Crippen LogP) is -3.13. The number of rotatable bonds is 4. The number of carbonyl (C=O) groups is 2. The van der Waals surface area contributed by atoms with E-state index in [9.17, 15) is 14.7 Å². The lowest BCUT2D eigenvalue weighted by Gasteiger charge is -2.16. The molecule has 64 valence electrons. The third-order valence-electron chi connectivity index (χ3n) is 1.26. The van der Waals surface area contributed by atoms with E-state index in [-0.39, 0.29) is 12.5 Å². The summed E-state index contributed by atoms with van der Waals surface area (Å²) in [6.45, 7) is 1.70. The number of hydrogen-bond acceptors (Lipinski definition) is 3. The molecule has 5 nitrogen and oxygen atoms in total. The summed E-state index contributed by atoms with van der Waals surface area (Å²) in [5, 5.41) is 12.5. The summed E-state index contributed by atoms with van der Waals surface area (Å²) in [4.78, 5) is 20.9. The van der Waals surface area contributed by atoms with Gasteiger partial charge in [0.2, 0.25) is 0 Å². The van der Waals surface area contributed by atoms with Gasteiger partial charge in [-0.15, -0.1) is 0 Å². The number of aliphatic carboxylic acids is 1. The van der Waals surface area contributed by atoms with Crippen LogP contribution in [0.1, 0.15) is 13.3 Å². The summed E-state index contributed by atoms with van der Waals surface area (Å²) in [5.41, 5.74) is 3.31. The van der Waals surface area contributed by atoms with Crippen molar-refractivity contribution in [3.8, 4) is 0 Å². The van der Waals surface area contributed by atoms with Gasteiger partial charge in [0, 0.05) is 0 Å². The topological polar surface area (TPSA) is 96.9 Å². The second-order valence-corrected chi connectivity index (χ2v) is 2.10. The van der Waals surface area contributed by atoms with Crippen LogP contribution in [0.5, 0.6) is 0 Å². The average Bonchev–Trinajstić information content (AvgIpc) is 1.99. The molecule has 0 aromatic heterocycles. The highest BCUT2D eigenvalue weighted by Crippen LogP contribution is 1.86. The van der Waals surface area contributed by atoms with Crippen LogP contribution in [-0.2, 0) is 9.59 Å². The van der Waals surface area contributed by atoms with E-state index in [0.717, 1.165) is 0 Å². The summed E-state index contributed by atoms with van der Waals surface area (Å²) in [6.07, 6.45) is 0.327. The summed E-state index contributed by atoms with van der Waals surface area (Å²) in [7, 11) is 0. The van der Waals surface area contributed by atoms with Gasteiger partial charge >= 0.3 is 0 Å². The van der Waals surface area contributed by atoms with Gasteiger partial charge in [0.05, 0.1) is 12.0 Å². The maximum absolute atomic E-state index is 10.6. The zero-order valence-corrected chi connectivity index (χ0v) is 6.42. The smallest absolute Gasteiger partial charge is 0.275 e. The van der Waals surface area contributed by atoms with Crippen LogP contribution in [0.2, 0.25) is 0 Å². The van der Waals surface area contributed by atoms with Gasteiger partial charge in [0.15, 0.2) is 6.54 Å². The second kappa shape index (κ2) is 4.68. The number of nitrogens with one attached hydrogen (secondary N) is 1. The molecule has 0 aromatic carbocycles. The molecule has 0 unspecified atom stereocenters. The Kier molecular flexibility index (Phi) is 4.21. The van der Waals surface area contributed by atoms with Gasteiger partial charge in [-0.1, -0.05) is 6.92 Å². The van der Waals surface area contributed by atoms with Crippen molar-refractivity contribution in [2.45, 2.75) is 19.4 Å². The van der Waals surface area contributed by atoms with Crippen molar-refractivity contribution in [3.63, 3.8) is 0 Å². The molecular weight excluding hydrogens is 148 g/mol. The quantitative estimate of drug-likeness (QED) is 0.455. The molecule has 4 N–H and O–H groups in total. The summed E-state index contributed by atoms with van der Waals surface area (Å²) in [5.74, 6) is -1.63. The minimum atomic E-state index is -1.26. The molecule has 0 saturated carbocycles. The minimum absolute atomic E-state index is 0.0454. The number of carboxylic acid groups (broad SMARTS) is 1. The predicted molar refractivity (Wildman–Crippen MR) is 35.0 cm³/mol. The Hall–Kier alpha value is -1.10. The van der Waals surface area contributed by atoms with Crippen molar-refractivity contribution in [2.24, 2.45) is 0 Å². The molecule has 0 spiro atoms. The van der Waals surface area contributed by atoms with Crippen LogP contribution in [0.3, 0.4) is 0 Å². The van der Waals surface area contributed by atoms with Crippen molar-refractivity contribution in [3.05, 3.63) is 0 Å². The lowest BCUT2D eigenvalue weighted by molar-refractivity contribution is -0.355. The lowest BCUT2D eigenvalue weighted by Crippen LogP contribution is -2.60. The Morgan fingerprint density at radius 1 is 1.64 bits per heavy atom. The van der Waals surface area contributed by atoms with E-state index in [4.69, 9.17) is 0 Å². The summed E-state index contributed by atoms with van der Waals surface area (Å²) >= 11 is 0. The van der Waals surface area contributed by atoms with Gasteiger partial charge in [0.25, 0.3) is 5.91 Å². The second-order valence-electron chi connectivity index (χ2n) is 2.10. The molecular formula is C6H12N2O3. The molecule has 11 heavy (non-hydrogen) atoms. The molecule has 0 aliphatic rings. The third kappa shape index (κ3) is 3.57. The molecule has 0 saturated heterocycles. The van der Waals surface area contributed by atoms with E-state index >= 15 is 0 Å². The molecule has 1 atom stereocenters. The van der Waals surface area contributed by atoms with Crippen LogP contribution in [0.25, 0.3) is 0 Å². The molecule has 0 radical (unpaired) electrons. The highest BCUT2D eigenvalue weighted by atomic mass is 16.4. The Balaban J connectivity index is 3.88. The van der Waals surface area contributed by atoms with E-state index in [1.54, 1.807) is 6.92 Å². The van der Waals surface area contributed by atoms with Gasteiger partial charge in [-0.05, 0) is 6.42 Å². The van der Waals surface area contributed by atoms with Crippen LogP contribution in [-0.4, -0.2) is 24.5 Å². The van der Waals surface area contributed by atoms with Crippen molar-refractivity contribution < 1.29 is 20.4 Å². The first kappa shape index (κ1) is 9.90. The SMILES string of the molecule is CC[C@H](NC(=O)C[NH3+])C(=O)[O-]. The van der Waals surface area contributed by atoms with Crippen molar-refractivity contribution in [1.82, 2.24) is 5.32 Å². The van der Waals surface area contributed by atoms with Gasteiger partial charge < -0.3 is 21.0 Å². The highest BCUT2D eigenvalue weighted by Gasteiger charge is 2.09. The Morgan fingerprint density at radius 2 is 2.18 bits per heavy atom. The van der Waals surface area contributed by atoms with Crippen LogP contribution in [0.15, 0.2) is 0 Å². The van der Waals surface area contributed by atoms with E-state index in [1.807, 2.05) is 0 Å². The normalized spacial score (nSPS) is 12.2. The van der Waals surface area contributed by atoms with Crippen LogP contribution < -0.4 is 16.2 Å². The van der Waals surface area contributed by atoms with Gasteiger partial charge in [-0.25, -0.2) is 0 Å². The molecule has 0 aliphatic carbocycles. The van der Waals surface area contributed by atoms with Crippen LogP contribution in [0, 0.1) is 0 Å². The highest BCUT2D eigenvalue weighted by molar-refractivity contribution is 5.82. The van der Waals surface area contributed by atoms with Crippen molar-refractivity contribution >= 4 is 11.9 Å². The molecule has 0 aromatic rings. The Bertz CT molecular complexity index is 158. The van der Waals surface area contributed by atoms with E-state index in [2.05, 4.69) is 11.1 Å². The lowest BCUT2D eigenvalue weighted by atomic mass is 10.2.